The lowest BCUT2D eigenvalue weighted by Gasteiger charge is -2.39. The lowest BCUT2D eigenvalue weighted by molar-refractivity contribution is -0.130. The van der Waals surface area contributed by atoms with Crippen LogP contribution >= 0.6 is 0 Å². The van der Waals surface area contributed by atoms with Gasteiger partial charge in [0.1, 0.15) is 11.6 Å². The Kier molecular flexibility index (Phi) is 9.70. The first kappa shape index (κ1) is 28.0. The van der Waals surface area contributed by atoms with Crippen molar-refractivity contribution >= 4 is 17.1 Å². The molecule has 1 aromatic carbocycles. The minimum atomic E-state index is -0.974. The first-order valence-corrected chi connectivity index (χ1v) is 12.6. The number of aliphatic hydroxyl groups is 3. The van der Waals surface area contributed by atoms with Gasteiger partial charge in [-0.1, -0.05) is 12.2 Å². The topological polar surface area (TPSA) is 117 Å². The molecule has 2 aromatic heterocycles. The Labute approximate surface area is 220 Å². The van der Waals surface area contributed by atoms with Crippen LogP contribution in [0.5, 0.6) is 5.88 Å². The molecule has 0 radical (unpaired) electrons. The van der Waals surface area contributed by atoms with E-state index in [9.17, 15) is 24.1 Å². The lowest BCUT2D eigenvalue weighted by Crippen LogP contribution is -2.51. The van der Waals surface area contributed by atoms with Gasteiger partial charge in [-0.25, -0.2) is 13.8 Å². The van der Waals surface area contributed by atoms with Crippen molar-refractivity contribution in [3.05, 3.63) is 71.4 Å². The van der Waals surface area contributed by atoms with Crippen LogP contribution in [0, 0.1) is 11.6 Å². The molecule has 0 amide bonds. The van der Waals surface area contributed by atoms with Crippen molar-refractivity contribution in [1.82, 2.24) is 15.3 Å². The lowest BCUT2D eigenvalue weighted by atomic mass is 9.91. The summed E-state index contributed by atoms with van der Waals surface area (Å²) in [5.74, 6) is -0.576. The fourth-order valence-electron chi connectivity index (χ4n) is 4.74. The monoisotopic (exact) mass is 529 g/mol. The van der Waals surface area contributed by atoms with Gasteiger partial charge >= 0.3 is 0 Å². The Bertz CT molecular complexity index is 1240. The van der Waals surface area contributed by atoms with E-state index in [4.69, 9.17) is 9.47 Å². The number of fused-ring (bicyclic) bond motifs is 1. The molecule has 1 unspecified atom stereocenters. The maximum atomic E-state index is 13.8. The molecule has 0 bridgehead atoms. The number of halogens is 2. The van der Waals surface area contributed by atoms with Gasteiger partial charge in [-0.3, -0.25) is 4.98 Å². The van der Waals surface area contributed by atoms with Crippen molar-refractivity contribution in [2.45, 2.75) is 56.1 Å². The van der Waals surface area contributed by atoms with Crippen LogP contribution in [0.3, 0.4) is 0 Å². The number of aliphatic hydroxyl groups excluding tert-OH is 3. The Morgan fingerprint density at radius 2 is 2.03 bits per heavy atom. The van der Waals surface area contributed by atoms with Gasteiger partial charge in [-0.15, -0.1) is 0 Å². The zero-order chi connectivity index (χ0) is 27.1. The van der Waals surface area contributed by atoms with Crippen molar-refractivity contribution in [1.29, 1.82) is 0 Å². The number of hydrogen-bond acceptors (Lipinski definition) is 8. The molecule has 4 rings (SSSR count). The third-order valence-electron chi connectivity index (χ3n) is 6.74. The highest BCUT2D eigenvalue weighted by atomic mass is 19.1. The highest BCUT2D eigenvalue weighted by Crippen LogP contribution is 2.28. The summed E-state index contributed by atoms with van der Waals surface area (Å²) in [6.45, 7) is -0.0471. The molecule has 1 saturated heterocycles. The van der Waals surface area contributed by atoms with Crippen LogP contribution in [-0.2, 0) is 11.2 Å². The minimum absolute atomic E-state index is 0.151. The number of pyridine rings is 2. The van der Waals surface area contributed by atoms with E-state index in [2.05, 4.69) is 15.3 Å². The molecular weight excluding hydrogens is 496 g/mol. The van der Waals surface area contributed by atoms with E-state index in [1.165, 1.54) is 13.2 Å². The van der Waals surface area contributed by atoms with Crippen LogP contribution in [-0.4, -0.2) is 76.0 Å². The summed E-state index contributed by atoms with van der Waals surface area (Å²) in [5.41, 5.74) is 2.30. The molecule has 0 saturated carbocycles. The second kappa shape index (κ2) is 13.2. The standard InChI is InChI=1S/C28H33F2N3O5/c1-37-27-9-7-23-28(33-27)18(10-12-32-23)14-24(36)25-8-6-22(26(38-25)15-20(35)16-34)31-11-2-3-17-13-19(29)4-5-21(17)30/h2-5,7,9-10,12-13,20,22,24-26,31,34-36H,6,8,11,14-16H2,1H3/t20?,22-,24+,25+,26-/m1/s1. The fraction of sp³-hybridized carbons (Fsp3) is 0.429. The minimum Gasteiger partial charge on any atom is -0.481 e. The number of hydrogen-bond donors (Lipinski definition) is 4. The summed E-state index contributed by atoms with van der Waals surface area (Å²) in [6, 6.07) is 8.45. The highest BCUT2D eigenvalue weighted by molar-refractivity contribution is 5.78. The molecule has 0 aliphatic carbocycles. The number of benzene rings is 1. The molecule has 1 aliphatic rings. The predicted molar refractivity (Wildman–Crippen MR) is 139 cm³/mol. The maximum Gasteiger partial charge on any atom is 0.213 e. The van der Waals surface area contributed by atoms with E-state index >= 15 is 0 Å². The maximum absolute atomic E-state index is 13.8. The number of ether oxygens (including phenoxy) is 2. The van der Waals surface area contributed by atoms with Crippen LogP contribution in [0.15, 0.2) is 48.7 Å². The van der Waals surface area contributed by atoms with Gasteiger partial charge < -0.3 is 30.1 Å². The Morgan fingerprint density at radius 1 is 1.18 bits per heavy atom. The molecule has 1 aliphatic heterocycles. The molecular formula is C28H33F2N3O5. The van der Waals surface area contributed by atoms with Crippen molar-refractivity contribution in [3.8, 4) is 5.88 Å². The molecule has 5 atom stereocenters. The first-order valence-electron chi connectivity index (χ1n) is 12.6. The number of aromatic nitrogens is 2. The molecule has 10 heteroatoms. The van der Waals surface area contributed by atoms with Crippen LogP contribution in [0.2, 0.25) is 0 Å². The molecule has 1 fully saturated rings. The van der Waals surface area contributed by atoms with E-state index < -0.39 is 42.7 Å². The van der Waals surface area contributed by atoms with Crippen LogP contribution in [0.25, 0.3) is 17.1 Å². The highest BCUT2D eigenvalue weighted by Gasteiger charge is 2.35. The molecule has 4 N–H and O–H groups in total. The summed E-state index contributed by atoms with van der Waals surface area (Å²) in [4.78, 5) is 8.81. The molecule has 8 nitrogen and oxygen atoms in total. The van der Waals surface area contributed by atoms with Crippen molar-refractivity contribution < 1.29 is 33.6 Å². The normalized spacial score (nSPS) is 21.6. The number of nitrogens with one attached hydrogen (secondary N) is 1. The van der Waals surface area contributed by atoms with Crippen LogP contribution in [0.4, 0.5) is 8.78 Å². The number of nitrogens with zero attached hydrogens (tertiary/aromatic N) is 2. The van der Waals surface area contributed by atoms with Gasteiger partial charge in [0.05, 0.1) is 49.2 Å². The van der Waals surface area contributed by atoms with Gasteiger partial charge in [0, 0.05) is 43.3 Å². The molecule has 0 spiro atoms. The quantitative estimate of drug-likeness (QED) is 0.300. The molecule has 38 heavy (non-hydrogen) atoms. The molecule has 3 aromatic rings. The Balaban J connectivity index is 1.40. The SMILES string of the molecule is COc1ccc2nccc(C[C@H](O)[C@@H]3CC[C@@H](NCC=Cc4cc(F)ccc4F)[C@@H](CC(O)CO)O3)c2n1. The predicted octanol–water partition coefficient (Wildman–Crippen LogP) is 2.78. The first-order chi connectivity index (χ1) is 18.4. The average Bonchev–Trinajstić information content (AvgIpc) is 2.93. The Morgan fingerprint density at radius 3 is 2.82 bits per heavy atom. The van der Waals surface area contributed by atoms with Crippen molar-refractivity contribution in [2.24, 2.45) is 0 Å². The van der Waals surface area contributed by atoms with Gasteiger partial charge in [0.2, 0.25) is 5.88 Å². The zero-order valence-corrected chi connectivity index (χ0v) is 21.1. The number of methoxy groups -OCH3 is 1. The van der Waals surface area contributed by atoms with Gasteiger partial charge in [0.25, 0.3) is 0 Å². The zero-order valence-electron chi connectivity index (χ0n) is 21.1. The summed E-state index contributed by atoms with van der Waals surface area (Å²) >= 11 is 0. The van der Waals surface area contributed by atoms with Gasteiger partial charge in [0.15, 0.2) is 0 Å². The third-order valence-corrected chi connectivity index (χ3v) is 6.74. The molecule has 3 heterocycles. The summed E-state index contributed by atoms with van der Waals surface area (Å²) < 4.78 is 38.7. The van der Waals surface area contributed by atoms with Gasteiger partial charge in [-0.2, -0.15) is 0 Å². The summed E-state index contributed by atoms with van der Waals surface area (Å²) in [7, 11) is 1.54. The second-order valence-corrected chi connectivity index (χ2v) is 9.41. The van der Waals surface area contributed by atoms with E-state index in [0.29, 0.717) is 42.7 Å². The van der Waals surface area contributed by atoms with Crippen molar-refractivity contribution in [2.75, 3.05) is 20.3 Å². The van der Waals surface area contributed by atoms with E-state index in [1.807, 2.05) is 12.1 Å². The summed E-state index contributed by atoms with van der Waals surface area (Å²) in [6.07, 6.45) is 3.77. The smallest absolute Gasteiger partial charge is 0.213 e. The fourth-order valence-corrected chi connectivity index (χ4v) is 4.74. The number of rotatable bonds is 11. The van der Waals surface area contributed by atoms with E-state index in [-0.39, 0.29) is 18.0 Å². The largest absolute Gasteiger partial charge is 0.481 e. The second-order valence-electron chi connectivity index (χ2n) is 9.41. The molecule has 204 valence electrons. The van der Waals surface area contributed by atoms with E-state index in [0.717, 1.165) is 23.8 Å². The average molecular weight is 530 g/mol. The summed E-state index contributed by atoms with van der Waals surface area (Å²) in [5, 5.41) is 33.9. The Hall–Kier alpha value is -3.02. The van der Waals surface area contributed by atoms with Gasteiger partial charge in [-0.05, 0) is 48.7 Å². The van der Waals surface area contributed by atoms with Crippen LogP contribution < -0.4 is 10.1 Å². The van der Waals surface area contributed by atoms with Crippen LogP contribution in [0.1, 0.15) is 30.4 Å². The third kappa shape index (κ3) is 7.09. The van der Waals surface area contributed by atoms with E-state index in [1.54, 1.807) is 18.3 Å². The van der Waals surface area contributed by atoms with Crippen molar-refractivity contribution in [3.63, 3.8) is 0 Å².